The molecule has 2 amide bonds. The maximum absolute atomic E-state index is 12.1. The second-order valence-electron chi connectivity index (χ2n) is 5.32. The highest BCUT2D eigenvalue weighted by atomic mass is 19.4. The number of alkyl halides is 3. The van der Waals surface area contributed by atoms with Gasteiger partial charge in [0.2, 0.25) is 0 Å². The summed E-state index contributed by atoms with van der Waals surface area (Å²) in [5.74, 6) is -0.354. The molecule has 1 heterocycles. The van der Waals surface area contributed by atoms with Gasteiger partial charge < -0.3 is 19.9 Å². The number of halogens is 3. The van der Waals surface area contributed by atoms with E-state index < -0.39 is 12.4 Å². The average molecular weight is 349 g/mol. The number of nitrogens with one attached hydrogen (secondary N) is 2. The van der Waals surface area contributed by atoms with Gasteiger partial charge in [-0.3, -0.25) is 0 Å². The molecule has 2 N–H and O–H groups in total. The first-order valence-electron chi connectivity index (χ1n) is 7.30. The fraction of sp³-hybridized carbons (Fsp3) is 0.118. The Labute approximate surface area is 141 Å². The van der Waals surface area contributed by atoms with E-state index in [1.165, 1.54) is 12.1 Å². The third-order valence-electron chi connectivity index (χ3n) is 3.49. The van der Waals surface area contributed by atoms with Crippen molar-refractivity contribution in [1.29, 1.82) is 0 Å². The molecule has 130 valence electrons. The number of hydrogen-bond acceptors (Lipinski definition) is 2. The lowest BCUT2D eigenvalue weighted by atomic mass is 10.2. The van der Waals surface area contributed by atoms with E-state index in [2.05, 4.69) is 15.4 Å². The number of ether oxygens (including phenoxy) is 1. The first-order valence-corrected chi connectivity index (χ1v) is 7.30. The van der Waals surface area contributed by atoms with Crippen LogP contribution in [0.1, 0.15) is 0 Å². The van der Waals surface area contributed by atoms with Crippen molar-refractivity contribution in [1.82, 2.24) is 4.57 Å². The Hall–Kier alpha value is -3.16. The minimum atomic E-state index is -4.75. The number of nitrogens with zero attached hydrogens (tertiary/aromatic N) is 1. The van der Waals surface area contributed by atoms with Crippen LogP contribution in [0, 0.1) is 0 Å². The van der Waals surface area contributed by atoms with Crippen LogP contribution in [0.15, 0.2) is 54.7 Å². The molecule has 0 unspecified atom stereocenters. The molecule has 0 spiro atoms. The highest BCUT2D eigenvalue weighted by Gasteiger charge is 2.30. The van der Waals surface area contributed by atoms with Crippen molar-refractivity contribution >= 4 is 28.3 Å². The smallest absolute Gasteiger partial charge is 0.406 e. The van der Waals surface area contributed by atoms with E-state index in [1.807, 2.05) is 35.9 Å². The molecule has 3 aromatic rings. The van der Waals surface area contributed by atoms with Crippen molar-refractivity contribution in [3.8, 4) is 5.75 Å². The van der Waals surface area contributed by atoms with Crippen LogP contribution in [0.4, 0.5) is 29.3 Å². The molecule has 1 aromatic heterocycles. The van der Waals surface area contributed by atoms with Gasteiger partial charge in [0.25, 0.3) is 0 Å². The van der Waals surface area contributed by atoms with E-state index in [0.29, 0.717) is 11.4 Å². The van der Waals surface area contributed by atoms with Crippen molar-refractivity contribution in [3.63, 3.8) is 0 Å². The molecule has 0 fully saturated rings. The van der Waals surface area contributed by atoms with Gasteiger partial charge in [-0.1, -0.05) is 18.2 Å². The first kappa shape index (κ1) is 16.7. The molecule has 25 heavy (non-hydrogen) atoms. The standard InChI is InChI=1S/C17H14F3N3O2/c1-23-10-14(13-4-2-3-5-15(13)23)22-16(24)21-11-6-8-12(9-7-11)25-17(18,19)20/h2-10H,1H3,(H2,21,22,24). The molecular formula is C17H14F3N3O2. The predicted octanol–water partition coefficient (Wildman–Crippen LogP) is 4.72. The summed E-state index contributed by atoms with van der Waals surface area (Å²) in [5.41, 5.74) is 1.94. The van der Waals surface area contributed by atoms with Crippen molar-refractivity contribution in [2.24, 2.45) is 7.05 Å². The molecule has 2 aromatic carbocycles. The Balaban J connectivity index is 1.68. The van der Waals surface area contributed by atoms with E-state index in [4.69, 9.17) is 0 Å². The summed E-state index contributed by atoms with van der Waals surface area (Å²) in [6.07, 6.45) is -2.97. The topological polar surface area (TPSA) is 55.3 Å². The Morgan fingerprint density at radius 2 is 1.72 bits per heavy atom. The molecule has 5 nitrogen and oxygen atoms in total. The second-order valence-corrected chi connectivity index (χ2v) is 5.32. The number of urea groups is 1. The molecule has 0 saturated carbocycles. The van der Waals surface area contributed by atoms with Gasteiger partial charge in [-0.05, 0) is 30.3 Å². The summed E-state index contributed by atoms with van der Waals surface area (Å²) in [5, 5.41) is 6.17. The van der Waals surface area contributed by atoms with Gasteiger partial charge in [0.05, 0.1) is 5.69 Å². The fourth-order valence-electron chi connectivity index (χ4n) is 2.47. The monoisotopic (exact) mass is 349 g/mol. The number of aromatic nitrogens is 1. The highest BCUT2D eigenvalue weighted by Crippen LogP contribution is 2.26. The van der Waals surface area contributed by atoms with Crippen molar-refractivity contribution in [2.45, 2.75) is 6.36 Å². The number of amides is 2. The second kappa shape index (κ2) is 6.39. The number of fused-ring (bicyclic) bond motifs is 1. The highest BCUT2D eigenvalue weighted by molar-refractivity contribution is 6.06. The third-order valence-corrected chi connectivity index (χ3v) is 3.49. The number of rotatable bonds is 3. The molecule has 3 rings (SSSR count). The SMILES string of the molecule is Cn1cc(NC(=O)Nc2ccc(OC(F)(F)F)cc2)c2ccccc21. The zero-order chi connectivity index (χ0) is 18.0. The maximum atomic E-state index is 12.1. The molecule has 8 heteroatoms. The van der Waals surface area contributed by atoms with Crippen molar-refractivity contribution < 1.29 is 22.7 Å². The van der Waals surface area contributed by atoms with Crippen LogP contribution in [0.3, 0.4) is 0 Å². The molecule has 0 aliphatic carbocycles. The average Bonchev–Trinajstić information content (AvgIpc) is 2.84. The lowest BCUT2D eigenvalue weighted by Crippen LogP contribution is -2.19. The Morgan fingerprint density at radius 1 is 1.04 bits per heavy atom. The Bertz CT molecular complexity index is 902. The van der Waals surface area contributed by atoms with E-state index in [-0.39, 0.29) is 5.75 Å². The minimum Gasteiger partial charge on any atom is -0.406 e. The fourth-order valence-corrected chi connectivity index (χ4v) is 2.47. The Morgan fingerprint density at radius 3 is 2.40 bits per heavy atom. The summed E-state index contributed by atoms with van der Waals surface area (Å²) in [7, 11) is 1.87. The van der Waals surface area contributed by atoms with Gasteiger partial charge in [-0.15, -0.1) is 13.2 Å². The number of aryl methyl sites for hydroxylation is 1. The molecule has 0 saturated heterocycles. The van der Waals surface area contributed by atoms with Crippen molar-refractivity contribution in [2.75, 3.05) is 10.6 Å². The molecule has 0 aliphatic rings. The predicted molar refractivity (Wildman–Crippen MR) is 88.7 cm³/mol. The van der Waals surface area contributed by atoms with Crippen LogP contribution < -0.4 is 15.4 Å². The van der Waals surface area contributed by atoms with Gasteiger partial charge in [-0.25, -0.2) is 4.79 Å². The molecule has 0 bridgehead atoms. The van der Waals surface area contributed by atoms with E-state index in [9.17, 15) is 18.0 Å². The van der Waals surface area contributed by atoms with Gasteiger partial charge >= 0.3 is 12.4 Å². The van der Waals surface area contributed by atoms with Crippen molar-refractivity contribution in [3.05, 3.63) is 54.7 Å². The normalized spacial score (nSPS) is 11.4. The van der Waals surface area contributed by atoms with Crippen LogP contribution in [0.5, 0.6) is 5.75 Å². The van der Waals surface area contributed by atoms with Crippen LogP contribution >= 0.6 is 0 Å². The van der Waals surface area contributed by atoms with E-state index >= 15 is 0 Å². The lowest BCUT2D eigenvalue weighted by molar-refractivity contribution is -0.274. The lowest BCUT2D eigenvalue weighted by Gasteiger charge is -2.10. The third kappa shape index (κ3) is 4.03. The van der Waals surface area contributed by atoms with Crippen LogP contribution in [-0.2, 0) is 7.05 Å². The maximum Gasteiger partial charge on any atom is 0.573 e. The number of carbonyl (C=O) groups excluding carboxylic acids is 1. The quantitative estimate of drug-likeness (QED) is 0.719. The molecule has 0 aliphatic heterocycles. The summed E-state index contributed by atoms with van der Waals surface area (Å²) >= 11 is 0. The number of benzene rings is 2. The number of para-hydroxylation sites is 1. The number of hydrogen-bond donors (Lipinski definition) is 2. The zero-order valence-electron chi connectivity index (χ0n) is 13.1. The number of carbonyl (C=O) groups is 1. The van der Waals surface area contributed by atoms with Gasteiger partial charge in [0.1, 0.15) is 5.75 Å². The largest absolute Gasteiger partial charge is 0.573 e. The molecule has 0 radical (unpaired) electrons. The minimum absolute atomic E-state index is 0.340. The molecule has 0 atom stereocenters. The molecular weight excluding hydrogens is 335 g/mol. The van der Waals surface area contributed by atoms with E-state index in [1.54, 1.807) is 6.20 Å². The van der Waals surface area contributed by atoms with E-state index in [0.717, 1.165) is 23.0 Å². The zero-order valence-corrected chi connectivity index (χ0v) is 13.1. The van der Waals surface area contributed by atoms with Crippen LogP contribution in [-0.4, -0.2) is 17.0 Å². The van der Waals surface area contributed by atoms with Gasteiger partial charge in [-0.2, -0.15) is 0 Å². The van der Waals surface area contributed by atoms with Gasteiger partial charge in [0.15, 0.2) is 0 Å². The number of anilines is 2. The summed E-state index contributed by atoms with van der Waals surface area (Å²) in [6, 6.07) is 12.0. The van der Waals surface area contributed by atoms with Gasteiger partial charge in [0, 0.05) is 29.8 Å². The summed E-state index contributed by atoms with van der Waals surface area (Å²) in [4.78, 5) is 12.1. The summed E-state index contributed by atoms with van der Waals surface area (Å²) < 4.78 is 42.0. The first-order chi connectivity index (χ1) is 11.8. The van der Waals surface area contributed by atoms with Crippen LogP contribution in [0.25, 0.3) is 10.9 Å². The summed E-state index contributed by atoms with van der Waals surface area (Å²) in [6.45, 7) is 0. The Kier molecular flexibility index (Phi) is 4.26. The van der Waals surface area contributed by atoms with Crippen LogP contribution in [0.2, 0.25) is 0 Å².